The number of halogens is 2. The summed E-state index contributed by atoms with van der Waals surface area (Å²) in [6.45, 7) is 4.06. The van der Waals surface area contributed by atoms with Gasteiger partial charge in [0.05, 0.1) is 43.6 Å². The van der Waals surface area contributed by atoms with Gasteiger partial charge >= 0.3 is 0 Å². The second-order valence-electron chi connectivity index (χ2n) is 6.98. The fraction of sp³-hybridized carbons (Fsp3) is 0.400. The number of quaternary nitrogens is 1. The highest BCUT2D eigenvalue weighted by Gasteiger charge is 2.58. The third-order valence-electron chi connectivity index (χ3n) is 5.76. The molecule has 1 heterocycles. The summed E-state index contributed by atoms with van der Waals surface area (Å²) in [5.74, 6) is -4.25. The smallest absolute Gasteiger partial charge is 0.189 e. The van der Waals surface area contributed by atoms with Crippen molar-refractivity contribution < 1.29 is 13.7 Å². The van der Waals surface area contributed by atoms with Crippen molar-refractivity contribution >= 4 is 5.71 Å². The molecule has 1 aromatic carbocycles. The molecule has 1 fully saturated rings. The van der Waals surface area contributed by atoms with Gasteiger partial charge in [0.25, 0.3) is 0 Å². The molecule has 0 bridgehead atoms. The number of hydrogen-bond acceptors (Lipinski definition) is 4. The minimum Gasteiger partial charge on any atom is -0.331 e. The van der Waals surface area contributed by atoms with Crippen LogP contribution in [0, 0.1) is 68.3 Å². The summed E-state index contributed by atoms with van der Waals surface area (Å²) in [4.78, 5) is 1.20. The second-order valence-corrected chi connectivity index (χ2v) is 6.98. The molecular weight excluding hydrogens is 348 g/mol. The summed E-state index contributed by atoms with van der Waals surface area (Å²) in [7, 11) is 0. The van der Waals surface area contributed by atoms with Crippen LogP contribution in [0.3, 0.4) is 0 Å². The number of nitrogens with one attached hydrogen (secondary N) is 2. The highest BCUT2D eigenvalue weighted by atomic mass is 19.2. The zero-order valence-electron chi connectivity index (χ0n) is 14.8. The first-order chi connectivity index (χ1) is 12.9. The van der Waals surface area contributed by atoms with Crippen LogP contribution in [0.5, 0.6) is 0 Å². The number of likely N-dealkylation sites (N-methyl/N-ethyl adjacent to an activating group) is 1. The quantitative estimate of drug-likeness (QED) is 0.780. The van der Waals surface area contributed by atoms with E-state index < -0.39 is 28.9 Å². The fourth-order valence-corrected chi connectivity index (χ4v) is 4.33. The first kappa shape index (κ1) is 18.7. The van der Waals surface area contributed by atoms with E-state index >= 15 is 0 Å². The van der Waals surface area contributed by atoms with Crippen molar-refractivity contribution in [2.24, 2.45) is 17.3 Å². The average Bonchev–Trinajstić information content (AvgIpc) is 2.69. The standard InChI is InChI=1S/C20H17F2N5/c1-2-27-6-5-13-14(8-23)19(26)20(10-24,11-25)18(15(13)9-27)12-3-4-16(21)17(22)7-12/h3-5,7,14-15,18,26H,2,6,9H2,1H3/p+1/t14?,15-,18+/m0/s1. The molecule has 3 rings (SSSR count). The lowest BCUT2D eigenvalue weighted by atomic mass is 9.54. The predicted molar refractivity (Wildman–Crippen MR) is 92.4 cm³/mol. The van der Waals surface area contributed by atoms with E-state index in [0.29, 0.717) is 24.2 Å². The van der Waals surface area contributed by atoms with E-state index in [4.69, 9.17) is 5.41 Å². The van der Waals surface area contributed by atoms with Gasteiger partial charge in [-0.2, -0.15) is 15.8 Å². The van der Waals surface area contributed by atoms with E-state index in [2.05, 4.69) is 6.07 Å². The first-order valence-corrected chi connectivity index (χ1v) is 8.73. The number of nitrogens with zero attached hydrogens (tertiary/aromatic N) is 3. The number of nitriles is 3. The summed E-state index contributed by atoms with van der Waals surface area (Å²) < 4.78 is 27.4. The highest BCUT2D eigenvalue weighted by Crippen LogP contribution is 2.52. The molecule has 27 heavy (non-hydrogen) atoms. The van der Waals surface area contributed by atoms with E-state index in [9.17, 15) is 24.6 Å². The Hall–Kier alpha value is -3.08. The molecule has 5 nitrogen and oxygen atoms in total. The minimum atomic E-state index is -1.90. The van der Waals surface area contributed by atoms with Crippen LogP contribution in [0.1, 0.15) is 18.4 Å². The molecular formula is C20H18F2N5+. The first-order valence-electron chi connectivity index (χ1n) is 8.73. The predicted octanol–water partition coefficient (Wildman–Crippen LogP) is 1.72. The van der Waals surface area contributed by atoms with Crippen molar-refractivity contribution in [1.29, 1.82) is 21.2 Å². The zero-order valence-corrected chi connectivity index (χ0v) is 14.8. The Balaban J connectivity index is 2.26. The second kappa shape index (κ2) is 6.91. The summed E-state index contributed by atoms with van der Waals surface area (Å²) in [6.07, 6.45) is 1.90. The van der Waals surface area contributed by atoms with Gasteiger partial charge in [0.15, 0.2) is 17.0 Å². The van der Waals surface area contributed by atoms with Crippen molar-refractivity contribution in [1.82, 2.24) is 0 Å². The molecule has 2 N–H and O–H groups in total. The molecule has 1 aliphatic heterocycles. The van der Waals surface area contributed by atoms with Crippen molar-refractivity contribution in [3.05, 3.63) is 47.0 Å². The summed E-state index contributed by atoms with van der Waals surface area (Å²) in [5, 5.41) is 37.8. The lowest BCUT2D eigenvalue weighted by Gasteiger charge is -2.46. The van der Waals surface area contributed by atoms with Crippen molar-refractivity contribution in [3.63, 3.8) is 0 Å². The third-order valence-corrected chi connectivity index (χ3v) is 5.76. The van der Waals surface area contributed by atoms with Crippen molar-refractivity contribution in [2.75, 3.05) is 19.6 Å². The van der Waals surface area contributed by atoms with Crippen LogP contribution in [0.25, 0.3) is 0 Å². The Bertz CT molecular complexity index is 933. The molecule has 0 aromatic heterocycles. The van der Waals surface area contributed by atoms with Gasteiger partial charge in [-0.3, -0.25) is 0 Å². The molecule has 1 aliphatic carbocycles. The SMILES string of the molecule is CC[NH+]1CC=C2C(C#N)C(=N)C(C#N)(C#N)[C@H](c3ccc(F)c(F)c3)[C@H]2C1. The number of benzene rings is 1. The van der Waals surface area contributed by atoms with E-state index in [1.807, 2.05) is 25.1 Å². The monoisotopic (exact) mass is 366 g/mol. The maximum absolute atomic E-state index is 13.9. The molecule has 0 amide bonds. The van der Waals surface area contributed by atoms with Gasteiger partial charge in [-0.15, -0.1) is 0 Å². The Morgan fingerprint density at radius 3 is 2.48 bits per heavy atom. The van der Waals surface area contributed by atoms with Crippen LogP contribution in [0.4, 0.5) is 8.78 Å². The van der Waals surface area contributed by atoms with Crippen LogP contribution < -0.4 is 4.90 Å². The summed E-state index contributed by atoms with van der Waals surface area (Å²) in [5.41, 5.74) is -1.18. The minimum absolute atomic E-state index is 0.285. The Labute approximate surface area is 156 Å². The van der Waals surface area contributed by atoms with Crippen LogP contribution in [-0.2, 0) is 0 Å². The van der Waals surface area contributed by atoms with E-state index in [0.717, 1.165) is 18.7 Å². The van der Waals surface area contributed by atoms with Gasteiger partial charge in [0.2, 0.25) is 0 Å². The van der Waals surface area contributed by atoms with E-state index in [1.54, 1.807) is 0 Å². The van der Waals surface area contributed by atoms with Crippen LogP contribution in [-0.4, -0.2) is 25.3 Å². The molecule has 0 saturated heterocycles. The van der Waals surface area contributed by atoms with Gasteiger partial charge < -0.3 is 10.3 Å². The fourth-order valence-electron chi connectivity index (χ4n) is 4.33. The van der Waals surface area contributed by atoms with Gasteiger partial charge in [0, 0.05) is 11.8 Å². The van der Waals surface area contributed by atoms with E-state index in [-0.39, 0.29) is 11.6 Å². The maximum atomic E-state index is 13.9. The van der Waals surface area contributed by atoms with Crippen molar-refractivity contribution in [2.45, 2.75) is 12.8 Å². The summed E-state index contributed by atoms with van der Waals surface area (Å²) >= 11 is 0. The maximum Gasteiger partial charge on any atom is 0.189 e. The molecule has 136 valence electrons. The number of hydrogen-bond donors (Lipinski definition) is 2. The molecule has 7 heteroatoms. The molecule has 2 unspecified atom stereocenters. The van der Waals surface area contributed by atoms with Crippen LogP contribution in [0.2, 0.25) is 0 Å². The molecule has 0 radical (unpaired) electrons. The van der Waals surface area contributed by atoms with Gasteiger partial charge in [-0.25, -0.2) is 8.78 Å². The van der Waals surface area contributed by atoms with Gasteiger partial charge in [-0.05, 0) is 36.3 Å². The summed E-state index contributed by atoms with van der Waals surface area (Å²) in [6, 6.07) is 9.28. The van der Waals surface area contributed by atoms with Crippen LogP contribution in [0.15, 0.2) is 29.8 Å². The largest absolute Gasteiger partial charge is 0.331 e. The Kier molecular flexibility index (Phi) is 4.79. The van der Waals surface area contributed by atoms with Crippen molar-refractivity contribution in [3.8, 4) is 18.2 Å². The Morgan fingerprint density at radius 1 is 1.22 bits per heavy atom. The lowest BCUT2D eigenvalue weighted by molar-refractivity contribution is -0.897. The third kappa shape index (κ3) is 2.70. The van der Waals surface area contributed by atoms with E-state index in [1.165, 1.54) is 11.0 Å². The zero-order chi connectivity index (χ0) is 19.8. The van der Waals surface area contributed by atoms with Gasteiger partial charge in [-0.1, -0.05) is 6.07 Å². The number of fused-ring (bicyclic) bond motifs is 1. The molecule has 2 aliphatic rings. The normalized spacial score (nSPS) is 28.9. The molecule has 0 spiro atoms. The molecule has 1 aromatic rings. The lowest BCUT2D eigenvalue weighted by Crippen LogP contribution is -3.13. The van der Waals surface area contributed by atoms with Gasteiger partial charge in [0.1, 0.15) is 5.92 Å². The highest BCUT2D eigenvalue weighted by molar-refractivity contribution is 6.00. The topological polar surface area (TPSA) is 99.7 Å². The van der Waals surface area contributed by atoms with Crippen LogP contribution >= 0.6 is 0 Å². The average molecular weight is 366 g/mol. The molecule has 4 atom stereocenters. The number of rotatable bonds is 2. The Morgan fingerprint density at radius 2 is 1.93 bits per heavy atom. The molecule has 1 saturated carbocycles.